The van der Waals surface area contributed by atoms with Gasteiger partial charge in [0.2, 0.25) is 5.91 Å². The van der Waals surface area contributed by atoms with E-state index in [-0.39, 0.29) is 11.4 Å². The van der Waals surface area contributed by atoms with Crippen LogP contribution in [0.2, 0.25) is 0 Å². The summed E-state index contributed by atoms with van der Waals surface area (Å²) in [7, 11) is 1.62. The smallest absolute Gasteiger partial charge is 0.224 e. The normalized spacial score (nSPS) is 15.9. The van der Waals surface area contributed by atoms with Crippen molar-refractivity contribution in [2.75, 3.05) is 7.11 Å². The molecule has 0 unspecified atom stereocenters. The lowest BCUT2D eigenvalue weighted by Crippen LogP contribution is -2.35. The van der Waals surface area contributed by atoms with E-state index in [1.165, 1.54) is 0 Å². The fourth-order valence-corrected chi connectivity index (χ4v) is 1.90. The molecule has 1 aromatic carbocycles. The van der Waals surface area contributed by atoms with Gasteiger partial charge in [-0.15, -0.1) is 0 Å². The molecule has 3 heteroatoms. The molecule has 1 fully saturated rings. The van der Waals surface area contributed by atoms with Gasteiger partial charge in [0.15, 0.2) is 0 Å². The van der Waals surface area contributed by atoms with Crippen molar-refractivity contribution >= 4 is 12.0 Å². The van der Waals surface area contributed by atoms with Crippen LogP contribution < -0.4 is 10.1 Å². The third kappa shape index (κ3) is 2.92. The Morgan fingerprint density at radius 1 is 1.56 bits per heavy atom. The lowest BCUT2D eigenvalue weighted by molar-refractivity contribution is -0.121. The molecule has 1 N–H and O–H groups in total. The Morgan fingerprint density at radius 3 is 2.83 bits per heavy atom. The Kier molecular flexibility index (Phi) is 3.41. The van der Waals surface area contributed by atoms with E-state index in [4.69, 9.17) is 4.74 Å². The first-order chi connectivity index (χ1) is 8.56. The molecule has 0 spiro atoms. The van der Waals surface area contributed by atoms with Crippen LogP contribution in [0.1, 0.15) is 30.9 Å². The van der Waals surface area contributed by atoms with Crippen LogP contribution >= 0.6 is 0 Å². The number of benzene rings is 1. The molecule has 1 aliphatic rings. The lowest BCUT2D eigenvalue weighted by atomic mass is 10.1. The molecule has 2 rings (SSSR count). The van der Waals surface area contributed by atoms with Crippen LogP contribution in [0.5, 0.6) is 5.75 Å². The van der Waals surface area contributed by atoms with Crippen molar-refractivity contribution in [3.63, 3.8) is 0 Å². The summed E-state index contributed by atoms with van der Waals surface area (Å²) in [6.07, 6.45) is 4.27. The number of hydrogen-bond acceptors (Lipinski definition) is 2. The quantitative estimate of drug-likeness (QED) is 0.865. The van der Waals surface area contributed by atoms with Gasteiger partial charge in [-0.1, -0.05) is 24.8 Å². The lowest BCUT2D eigenvalue weighted by Gasteiger charge is -2.13. The molecular formula is C15H19NO2. The topological polar surface area (TPSA) is 38.3 Å². The van der Waals surface area contributed by atoms with Gasteiger partial charge in [0.25, 0.3) is 0 Å². The van der Waals surface area contributed by atoms with E-state index in [1.54, 1.807) is 13.2 Å². The maximum Gasteiger partial charge on any atom is 0.224 e. The second-order valence-corrected chi connectivity index (χ2v) is 5.06. The number of rotatable bonds is 5. The van der Waals surface area contributed by atoms with Crippen LogP contribution in [0.4, 0.5) is 0 Å². The summed E-state index contributed by atoms with van der Waals surface area (Å²) in [5, 5.41) is 3.04. The molecule has 1 saturated carbocycles. The van der Waals surface area contributed by atoms with E-state index < -0.39 is 0 Å². The summed E-state index contributed by atoms with van der Waals surface area (Å²) < 4.78 is 5.31. The van der Waals surface area contributed by atoms with Crippen molar-refractivity contribution < 1.29 is 9.53 Å². The largest absolute Gasteiger partial charge is 0.496 e. The first-order valence-corrected chi connectivity index (χ1v) is 6.17. The molecule has 0 bridgehead atoms. The number of carbonyl (C=O) groups excluding carboxylic acids is 1. The molecule has 18 heavy (non-hydrogen) atoms. The van der Waals surface area contributed by atoms with Gasteiger partial charge in [0.1, 0.15) is 5.75 Å². The highest BCUT2D eigenvalue weighted by atomic mass is 16.5. The molecule has 0 heterocycles. The number of ether oxygens (including phenoxy) is 1. The molecule has 1 aromatic rings. The van der Waals surface area contributed by atoms with Crippen LogP contribution in [0.15, 0.2) is 24.8 Å². The average Bonchev–Trinajstić information content (AvgIpc) is 3.06. The SMILES string of the molecule is C=Cc1ccc(CC(=O)NC2(C)CC2)c(OC)c1. The summed E-state index contributed by atoms with van der Waals surface area (Å²) in [5.41, 5.74) is 1.93. The molecule has 0 atom stereocenters. The van der Waals surface area contributed by atoms with Crippen LogP contribution in [0.25, 0.3) is 6.08 Å². The average molecular weight is 245 g/mol. The minimum Gasteiger partial charge on any atom is -0.496 e. The van der Waals surface area contributed by atoms with Crippen molar-refractivity contribution in [2.45, 2.75) is 31.7 Å². The van der Waals surface area contributed by atoms with E-state index in [2.05, 4.69) is 18.8 Å². The zero-order valence-electron chi connectivity index (χ0n) is 11.0. The second kappa shape index (κ2) is 4.84. The number of nitrogens with one attached hydrogen (secondary N) is 1. The summed E-state index contributed by atoms with van der Waals surface area (Å²) in [6.45, 7) is 5.79. The van der Waals surface area contributed by atoms with E-state index in [0.29, 0.717) is 6.42 Å². The zero-order valence-corrected chi connectivity index (χ0v) is 11.0. The van der Waals surface area contributed by atoms with Crippen molar-refractivity contribution in [1.82, 2.24) is 5.32 Å². The minimum absolute atomic E-state index is 0.0331. The van der Waals surface area contributed by atoms with Gasteiger partial charge < -0.3 is 10.1 Å². The molecule has 96 valence electrons. The van der Waals surface area contributed by atoms with E-state index >= 15 is 0 Å². The van der Waals surface area contributed by atoms with E-state index in [9.17, 15) is 4.79 Å². The zero-order chi connectivity index (χ0) is 13.2. The van der Waals surface area contributed by atoms with Gasteiger partial charge in [-0.3, -0.25) is 4.79 Å². The summed E-state index contributed by atoms with van der Waals surface area (Å²) >= 11 is 0. The summed E-state index contributed by atoms with van der Waals surface area (Å²) in [5.74, 6) is 0.795. The standard InChI is InChI=1S/C15H19NO2/c1-4-11-5-6-12(13(9-11)18-3)10-14(17)16-15(2)7-8-15/h4-6,9H,1,7-8,10H2,2-3H3,(H,16,17). The first kappa shape index (κ1) is 12.7. The Morgan fingerprint density at radius 2 is 2.28 bits per heavy atom. The molecule has 1 aliphatic carbocycles. The Balaban J connectivity index is 2.08. The van der Waals surface area contributed by atoms with Crippen molar-refractivity contribution in [2.24, 2.45) is 0 Å². The number of carbonyl (C=O) groups is 1. The van der Waals surface area contributed by atoms with Crippen LogP contribution in [0.3, 0.4) is 0 Å². The third-order valence-electron chi connectivity index (χ3n) is 3.34. The third-order valence-corrected chi connectivity index (χ3v) is 3.34. The maximum absolute atomic E-state index is 11.9. The fourth-order valence-electron chi connectivity index (χ4n) is 1.90. The molecule has 0 saturated heterocycles. The van der Waals surface area contributed by atoms with Gasteiger partial charge in [-0.25, -0.2) is 0 Å². The van der Waals surface area contributed by atoms with Gasteiger partial charge in [-0.2, -0.15) is 0 Å². The Bertz CT molecular complexity index is 475. The van der Waals surface area contributed by atoms with Crippen LogP contribution in [0, 0.1) is 0 Å². The summed E-state index contributed by atoms with van der Waals surface area (Å²) in [4.78, 5) is 11.9. The predicted octanol–water partition coefficient (Wildman–Crippen LogP) is 2.55. The van der Waals surface area contributed by atoms with Crippen LogP contribution in [-0.4, -0.2) is 18.6 Å². The second-order valence-electron chi connectivity index (χ2n) is 5.06. The van der Waals surface area contributed by atoms with Crippen molar-refractivity contribution in [1.29, 1.82) is 0 Å². The van der Waals surface area contributed by atoms with Crippen molar-refractivity contribution in [3.8, 4) is 5.75 Å². The first-order valence-electron chi connectivity index (χ1n) is 6.17. The molecular weight excluding hydrogens is 226 g/mol. The van der Waals surface area contributed by atoms with Crippen molar-refractivity contribution in [3.05, 3.63) is 35.9 Å². The highest BCUT2D eigenvalue weighted by molar-refractivity contribution is 5.80. The van der Waals surface area contributed by atoms with Gasteiger partial charge in [-0.05, 0) is 31.4 Å². The Hall–Kier alpha value is -1.77. The number of methoxy groups -OCH3 is 1. The van der Waals surface area contributed by atoms with E-state index in [1.807, 2.05) is 18.2 Å². The molecule has 1 amide bonds. The monoisotopic (exact) mass is 245 g/mol. The number of amides is 1. The number of hydrogen-bond donors (Lipinski definition) is 1. The Labute approximate surface area is 108 Å². The predicted molar refractivity (Wildman–Crippen MR) is 72.6 cm³/mol. The fraction of sp³-hybridized carbons (Fsp3) is 0.400. The van der Waals surface area contributed by atoms with Gasteiger partial charge in [0.05, 0.1) is 13.5 Å². The van der Waals surface area contributed by atoms with Crippen LogP contribution in [-0.2, 0) is 11.2 Å². The molecule has 0 aliphatic heterocycles. The molecule has 0 aromatic heterocycles. The molecule has 3 nitrogen and oxygen atoms in total. The minimum atomic E-state index is 0.0331. The van der Waals surface area contributed by atoms with Gasteiger partial charge in [0, 0.05) is 11.1 Å². The molecule has 0 radical (unpaired) electrons. The highest BCUT2D eigenvalue weighted by Gasteiger charge is 2.38. The van der Waals surface area contributed by atoms with E-state index in [0.717, 1.165) is 29.7 Å². The van der Waals surface area contributed by atoms with Gasteiger partial charge >= 0.3 is 0 Å². The maximum atomic E-state index is 11.9. The summed E-state index contributed by atoms with van der Waals surface area (Å²) in [6, 6.07) is 5.76. The highest BCUT2D eigenvalue weighted by Crippen LogP contribution is 2.34.